The number of nitrogens with one attached hydrogen (secondary N) is 1. The maximum Gasteiger partial charge on any atom is 0.210 e. The molecule has 2 aromatic rings. The van der Waals surface area contributed by atoms with Gasteiger partial charge in [-0.15, -0.1) is 0 Å². The molecular formula is C18H17F3N2OS. The van der Waals surface area contributed by atoms with Gasteiger partial charge in [0.1, 0.15) is 17.8 Å². The van der Waals surface area contributed by atoms with E-state index in [-0.39, 0.29) is 18.5 Å². The van der Waals surface area contributed by atoms with Crippen LogP contribution in [0.15, 0.2) is 42.5 Å². The average Bonchev–Trinajstić information content (AvgIpc) is 2.91. The van der Waals surface area contributed by atoms with Crippen molar-refractivity contribution in [3.8, 4) is 11.1 Å². The molecule has 7 heteroatoms. The molecule has 3 nitrogen and oxygen atoms in total. The molecule has 0 bridgehead atoms. The van der Waals surface area contributed by atoms with Gasteiger partial charge in [-0.3, -0.25) is 9.52 Å². The summed E-state index contributed by atoms with van der Waals surface area (Å²) in [5, 5.41) is 0. The number of benzene rings is 2. The quantitative estimate of drug-likeness (QED) is 0.629. The van der Waals surface area contributed by atoms with Gasteiger partial charge < -0.3 is 4.90 Å². The summed E-state index contributed by atoms with van der Waals surface area (Å²) in [6, 6.07) is 9.24. The number of rotatable bonds is 5. The molecule has 2 aromatic carbocycles. The number of carbonyl (C=O) groups excluding carboxylic acids is 1. The lowest BCUT2D eigenvalue weighted by Gasteiger charge is -2.25. The van der Waals surface area contributed by atoms with Crippen LogP contribution < -0.4 is 4.72 Å². The predicted octanol–water partition coefficient (Wildman–Crippen LogP) is 3.16. The molecule has 0 spiro atoms. The normalized spacial score (nSPS) is 23.0. The highest BCUT2D eigenvalue weighted by Crippen LogP contribution is 2.29. The van der Waals surface area contributed by atoms with Crippen LogP contribution in [0.1, 0.15) is 5.56 Å². The van der Waals surface area contributed by atoms with Gasteiger partial charge in [0.25, 0.3) is 0 Å². The van der Waals surface area contributed by atoms with Crippen LogP contribution in [0.25, 0.3) is 11.1 Å². The second-order valence-electron chi connectivity index (χ2n) is 6.03. The zero-order valence-electron chi connectivity index (χ0n) is 13.2. The molecule has 1 heterocycles. The summed E-state index contributed by atoms with van der Waals surface area (Å²) in [4.78, 5) is 12.5. The molecule has 1 amide bonds. The van der Waals surface area contributed by atoms with Crippen molar-refractivity contribution in [1.29, 1.82) is 0 Å². The van der Waals surface area contributed by atoms with Gasteiger partial charge in [0.2, 0.25) is 6.41 Å². The van der Waals surface area contributed by atoms with Crippen molar-refractivity contribution in [3.05, 3.63) is 59.7 Å². The van der Waals surface area contributed by atoms with Crippen LogP contribution in [0.5, 0.6) is 0 Å². The summed E-state index contributed by atoms with van der Waals surface area (Å²) < 4.78 is 45.0. The van der Waals surface area contributed by atoms with Gasteiger partial charge in [0, 0.05) is 5.56 Å². The van der Waals surface area contributed by atoms with Gasteiger partial charge in [-0.25, -0.2) is 13.2 Å². The molecule has 1 fully saturated rings. The van der Waals surface area contributed by atoms with E-state index in [1.807, 2.05) is 0 Å². The summed E-state index contributed by atoms with van der Waals surface area (Å²) in [7, 11) is 0. The fourth-order valence-electron chi connectivity index (χ4n) is 3.27. The number of hydrogen-bond acceptors (Lipinski definition) is 3. The van der Waals surface area contributed by atoms with Gasteiger partial charge in [0.15, 0.2) is 0 Å². The van der Waals surface area contributed by atoms with Crippen molar-refractivity contribution in [3.63, 3.8) is 0 Å². The van der Waals surface area contributed by atoms with E-state index in [4.69, 9.17) is 0 Å². The lowest BCUT2D eigenvalue weighted by Crippen LogP contribution is -2.42. The van der Waals surface area contributed by atoms with Gasteiger partial charge in [0.05, 0.1) is 18.6 Å². The molecule has 1 saturated heterocycles. The van der Waals surface area contributed by atoms with E-state index in [9.17, 15) is 18.0 Å². The second-order valence-corrected chi connectivity index (χ2v) is 6.29. The van der Waals surface area contributed by atoms with Crippen LogP contribution in [0, 0.1) is 11.6 Å². The van der Waals surface area contributed by atoms with E-state index >= 15 is 0 Å². The first-order valence-electron chi connectivity index (χ1n) is 7.83. The Morgan fingerprint density at radius 1 is 1.24 bits per heavy atom. The third kappa shape index (κ3) is 3.52. The van der Waals surface area contributed by atoms with Crippen molar-refractivity contribution >= 4 is 19.2 Å². The molecule has 3 rings (SSSR count). The van der Waals surface area contributed by atoms with Gasteiger partial charge in [-0.1, -0.05) is 43.1 Å². The van der Waals surface area contributed by atoms with E-state index in [1.54, 1.807) is 24.3 Å². The number of carbonyl (C=O) groups is 1. The van der Waals surface area contributed by atoms with E-state index in [2.05, 4.69) is 17.5 Å². The molecule has 1 aliphatic rings. The minimum Gasteiger partial charge on any atom is -0.337 e. The third-order valence-electron chi connectivity index (χ3n) is 4.54. The molecular weight excluding hydrogens is 349 g/mol. The molecule has 3 unspecified atom stereocenters. The summed E-state index contributed by atoms with van der Waals surface area (Å²) in [6.45, 7) is -0.0579. The molecule has 0 aliphatic carbocycles. The molecule has 1 aliphatic heterocycles. The maximum atomic E-state index is 14.9. The Hall–Kier alpha value is -1.99. The zero-order chi connectivity index (χ0) is 18.0. The van der Waals surface area contributed by atoms with E-state index in [0.29, 0.717) is 17.5 Å². The molecule has 0 radical (unpaired) electrons. The van der Waals surface area contributed by atoms with Crippen molar-refractivity contribution in [2.75, 3.05) is 6.54 Å². The molecule has 25 heavy (non-hydrogen) atoms. The van der Waals surface area contributed by atoms with Crippen molar-refractivity contribution in [2.45, 2.75) is 24.7 Å². The van der Waals surface area contributed by atoms with Gasteiger partial charge in [-0.05, 0) is 29.7 Å². The van der Waals surface area contributed by atoms with Crippen LogP contribution in [-0.4, -0.2) is 36.1 Å². The Morgan fingerprint density at radius 2 is 2.00 bits per heavy atom. The highest BCUT2D eigenvalue weighted by atomic mass is 32.1. The fraction of sp³-hybridized carbons (Fsp3) is 0.278. The Kier molecular flexibility index (Phi) is 5.34. The lowest BCUT2D eigenvalue weighted by molar-refractivity contribution is -0.119. The number of amides is 1. The fourth-order valence-corrected chi connectivity index (χ4v) is 3.61. The summed E-state index contributed by atoms with van der Waals surface area (Å²) >= 11 is 3.93. The van der Waals surface area contributed by atoms with Crippen LogP contribution >= 0.6 is 12.8 Å². The van der Waals surface area contributed by atoms with Crippen molar-refractivity contribution in [2.24, 2.45) is 0 Å². The monoisotopic (exact) mass is 366 g/mol. The van der Waals surface area contributed by atoms with Crippen LogP contribution in [-0.2, 0) is 11.2 Å². The number of alkyl halides is 1. The molecule has 132 valence electrons. The Morgan fingerprint density at radius 3 is 2.68 bits per heavy atom. The average molecular weight is 366 g/mol. The minimum atomic E-state index is -1.28. The van der Waals surface area contributed by atoms with Gasteiger partial charge >= 0.3 is 0 Å². The number of thiol groups is 1. The van der Waals surface area contributed by atoms with E-state index in [1.165, 1.54) is 23.1 Å². The lowest BCUT2D eigenvalue weighted by atomic mass is 9.96. The third-order valence-corrected chi connectivity index (χ3v) is 4.84. The van der Waals surface area contributed by atoms with E-state index in [0.717, 1.165) is 0 Å². The second kappa shape index (κ2) is 7.49. The Balaban J connectivity index is 1.93. The highest BCUT2D eigenvalue weighted by molar-refractivity contribution is 7.78. The number of halogens is 3. The van der Waals surface area contributed by atoms with E-state index < -0.39 is 29.9 Å². The highest BCUT2D eigenvalue weighted by Gasteiger charge is 2.41. The van der Waals surface area contributed by atoms with Crippen LogP contribution in [0.4, 0.5) is 13.2 Å². The molecule has 0 aromatic heterocycles. The van der Waals surface area contributed by atoms with Crippen LogP contribution in [0.2, 0.25) is 0 Å². The maximum absolute atomic E-state index is 14.9. The Bertz CT molecular complexity index is 774. The van der Waals surface area contributed by atoms with Gasteiger partial charge in [-0.2, -0.15) is 0 Å². The zero-order valence-corrected chi connectivity index (χ0v) is 14.1. The first kappa shape index (κ1) is 17.8. The summed E-state index contributed by atoms with van der Waals surface area (Å²) in [6.07, 6.45) is -0.578. The predicted molar refractivity (Wildman–Crippen MR) is 92.9 cm³/mol. The SMILES string of the molecule is O=CN1CC(F)C(NS)C1Cc1cccc(-c2cccc(F)c2)c1F. The minimum absolute atomic E-state index is 0.0579. The number of hydrogen-bond donors (Lipinski definition) is 2. The molecule has 1 N–H and O–H groups in total. The largest absolute Gasteiger partial charge is 0.337 e. The molecule has 0 saturated carbocycles. The standard InChI is InChI=1S/C18H17F3N2OS/c19-13-5-1-3-11(7-13)14-6-2-4-12(17(14)21)8-16-18(22-25)15(20)9-23(16)10-24/h1-7,10,15-16,18,22,25H,8-9H2. The molecule has 3 atom stereocenters. The topological polar surface area (TPSA) is 32.3 Å². The number of nitrogens with zero attached hydrogens (tertiary/aromatic N) is 1. The Labute approximate surface area is 149 Å². The number of likely N-dealkylation sites (tertiary alicyclic amines) is 1. The van der Waals surface area contributed by atoms with Crippen LogP contribution in [0.3, 0.4) is 0 Å². The van der Waals surface area contributed by atoms with Crippen molar-refractivity contribution < 1.29 is 18.0 Å². The van der Waals surface area contributed by atoms with Crippen molar-refractivity contribution in [1.82, 2.24) is 9.62 Å². The smallest absolute Gasteiger partial charge is 0.210 e. The summed E-state index contributed by atoms with van der Waals surface area (Å²) in [5.74, 6) is -0.955. The summed E-state index contributed by atoms with van der Waals surface area (Å²) in [5.41, 5.74) is 1.02. The first-order chi connectivity index (χ1) is 12.0. The first-order valence-corrected chi connectivity index (χ1v) is 8.28.